The standard InChI is InChI=1S/C43H41NO7S/c1-31(45)50-43(42-44-36-24-14-15-25-38(36)52-42)41(49-29-35-22-12-5-13-23-35)40(48-28-34-20-10-4-11-21-34)39(47-27-33-18-8-3-9-19-33)37(51-43)30-46-26-32-16-6-2-7-17-32/h2-25,37,39-41H,26-30H2,1H3/t37-,39+,40+,41-,43-/m1/s1. The Kier molecular flexibility index (Phi) is 11.8. The number of thiazole rings is 1. The number of ether oxygens (including phenoxy) is 6. The highest BCUT2D eigenvalue weighted by Crippen LogP contribution is 2.46. The molecule has 1 aromatic heterocycles. The topological polar surface area (TPSA) is 85.3 Å². The maximum atomic E-state index is 13.2. The number of rotatable bonds is 15. The van der Waals surface area contributed by atoms with Crippen molar-refractivity contribution in [2.75, 3.05) is 6.61 Å². The van der Waals surface area contributed by atoms with Gasteiger partial charge in [-0.25, -0.2) is 4.98 Å². The Hall–Kier alpha value is -4.74. The van der Waals surface area contributed by atoms with E-state index in [9.17, 15) is 4.79 Å². The number of aromatic nitrogens is 1. The van der Waals surface area contributed by atoms with E-state index in [1.54, 1.807) is 0 Å². The molecule has 0 spiro atoms. The molecule has 0 bridgehead atoms. The van der Waals surface area contributed by atoms with E-state index in [4.69, 9.17) is 33.4 Å². The molecule has 9 heteroatoms. The summed E-state index contributed by atoms with van der Waals surface area (Å²) in [6.07, 6.45) is -3.29. The molecule has 5 atom stereocenters. The Balaban J connectivity index is 1.33. The molecule has 7 rings (SSSR count). The van der Waals surface area contributed by atoms with Gasteiger partial charge in [-0.1, -0.05) is 133 Å². The summed E-state index contributed by atoms with van der Waals surface area (Å²) in [4.78, 5) is 18.2. The number of fused-ring (bicyclic) bond motifs is 1. The normalized spacial score (nSPS) is 21.6. The summed E-state index contributed by atoms with van der Waals surface area (Å²) in [6.45, 7) is 2.54. The molecule has 2 heterocycles. The number of hydrogen-bond acceptors (Lipinski definition) is 9. The maximum Gasteiger partial charge on any atom is 0.305 e. The molecule has 0 N–H and O–H groups in total. The lowest BCUT2D eigenvalue weighted by Crippen LogP contribution is -2.66. The summed E-state index contributed by atoms with van der Waals surface area (Å²) in [6, 6.07) is 47.4. The summed E-state index contributed by atoms with van der Waals surface area (Å²) in [5.74, 6) is -2.36. The molecule has 8 nitrogen and oxygen atoms in total. The third-order valence-corrected chi connectivity index (χ3v) is 9.95. The first-order valence-electron chi connectivity index (χ1n) is 17.4. The van der Waals surface area contributed by atoms with Crippen molar-refractivity contribution in [3.63, 3.8) is 0 Å². The van der Waals surface area contributed by atoms with Crippen molar-refractivity contribution in [3.05, 3.63) is 173 Å². The minimum Gasteiger partial charge on any atom is -0.423 e. The molecule has 1 fully saturated rings. The molecule has 0 radical (unpaired) electrons. The highest BCUT2D eigenvalue weighted by Gasteiger charge is 2.62. The van der Waals surface area contributed by atoms with E-state index in [-0.39, 0.29) is 26.4 Å². The smallest absolute Gasteiger partial charge is 0.305 e. The zero-order valence-corrected chi connectivity index (χ0v) is 29.7. The first kappa shape index (κ1) is 35.7. The van der Waals surface area contributed by atoms with E-state index >= 15 is 0 Å². The van der Waals surface area contributed by atoms with Gasteiger partial charge in [0.2, 0.25) is 0 Å². The van der Waals surface area contributed by atoms with Gasteiger partial charge in [-0.2, -0.15) is 0 Å². The second kappa shape index (κ2) is 17.2. The van der Waals surface area contributed by atoms with Gasteiger partial charge >= 0.3 is 5.97 Å². The SMILES string of the molecule is CC(=O)O[C@@]1(c2nc3ccccc3s2)O[C@H](COCc2ccccc2)[C@H](OCc2ccccc2)[C@H](OCc2ccccc2)[C@H]1OCc1ccccc1. The van der Waals surface area contributed by atoms with Crippen molar-refractivity contribution in [2.45, 2.75) is 63.6 Å². The molecule has 6 aromatic rings. The predicted octanol–water partition coefficient (Wildman–Crippen LogP) is 8.38. The number of hydrogen-bond donors (Lipinski definition) is 0. The van der Waals surface area contributed by atoms with Crippen LogP contribution in [0.3, 0.4) is 0 Å². The highest BCUT2D eigenvalue weighted by molar-refractivity contribution is 7.18. The Morgan fingerprint density at radius 1 is 0.635 bits per heavy atom. The van der Waals surface area contributed by atoms with E-state index in [0.29, 0.717) is 11.6 Å². The van der Waals surface area contributed by atoms with Crippen LogP contribution in [-0.4, -0.2) is 42.0 Å². The molecule has 266 valence electrons. The summed E-state index contributed by atoms with van der Waals surface area (Å²) < 4.78 is 41.2. The average Bonchev–Trinajstić information content (AvgIpc) is 3.63. The Morgan fingerprint density at radius 3 is 1.65 bits per heavy atom. The number of carbonyl (C=O) groups is 1. The van der Waals surface area contributed by atoms with Crippen LogP contribution >= 0.6 is 11.3 Å². The lowest BCUT2D eigenvalue weighted by Gasteiger charge is -2.50. The van der Waals surface area contributed by atoms with E-state index in [1.807, 2.05) is 146 Å². The van der Waals surface area contributed by atoms with Crippen molar-refractivity contribution in [1.82, 2.24) is 4.98 Å². The molecular formula is C43H41NO7S. The summed E-state index contributed by atoms with van der Waals surface area (Å²) in [5, 5.41) is 0.435. The predicted molar refractivity (Wildman–Crippen MR) is 199 cm³/mol. The van der Waals surface area contributed by atoms with Gasteiger partial charge < -0.3 is 28.4 Å². The van der Waals surface area contributed by atoms with Crippen molar-refractivity contribution in [1.29, 1.82) is 0 Å². The molecular weight excluding hydrogens is 675 g/mol. The summed E-state index contributed by atoms with van der Waals surface area (Å²) in [7, 11) is 0. The van der Waals surface area contributed by atoms with Crippen LogP contribution in [0.2, 0.25) is 0 Å². The van der Waals surface area contributed by atoms with Gasteiger partial charge in [0.15, 0.2) is 11.1 Å². The third-order valence-electron chi connectivity index (χ3n) is 8.81. The summed E-state index contributed by atoms with van der Waals surface area (Å²) >= 11 is 1.39. The number of carbonyl (C=O) groups excluding carboxylic acids is 1. The lowest BCUT2D eigenvalue weighted by atomic mass is 9.91. The molecule has 0 aliphatic carbocycles. The second-order valence-corrected chi connectivity index (χ2v) is 13.7. The first-order chi connectivity index (χ1) is 25.6. The maximum absolute atomic E-state index is 13.2. The highest BCUT2D eigenvalue weighted by atomic mass is 32.1. The molecule has 1 aliphatic rings. The fraction of sp³-hybridized carbons (Fsp3) is 0.256. The molecule has 5 aromatic carbocycles. The Morgan fingerprint density at radius 2 is 1.12 bits per heavy atom. The van der Waals surface area contributed by atoms with Crippen molar-refractivity contribution in [2.24, 2.45) is 0 Å². The fourth-order valence-electron chi connectivity index (χ4n) is 6.37. The van der Waals surface area contributed by atoms with Crippen LogP contribution in [0.4, 0.5) is 0 Å². The molecule has 1 aliphatic heterocycles. The fourth-order valence-corrected chi connectivity index (χ4v) is 7.44. The lowest BCUT2D eigenvalue weighted by molar-refractivity contribution is -0.379. The van der Waals surface area contributed by atoms with Crippen LogP contribution < -0.4 is 0 Å². The quantitative estimate of drug-likeness (QED) is 0.0981. The summed E-state index contributed by atoms with van der Waals surface area (Å²) in [5.41, 5.74) is 4.64. The molecule has 0 amide bonds. The van der Waals surface area contributed by atoms with Crippen LogP contribution in [0.25, 0.3) is 10.2 Å². The van der Waals surface area contributed by atoms with Gasteiger partial charge in [-0.3, -0.25) is 4.79 Å². The van der Waals surface area contributed by atoms with Crippen molar-refractivity contribution < 1.29 is 33.2 Å². The zero-order chi connectivity index (χ0) is 35.6. The van der Waals surface area contributed by atoms with Gasteiger partial charge in [0.05, 0.1) is 43.3 Å². The van der Waals surface area contributed by atoms with Crippen molar-refractivity contribution in [3.8, 4) is 0 Å². The van der Waals surface area contributed by atoms with Crippen molar-refractivity contribution >= 4 is 27.5 Å². The van der Waals surface area contributed by atoms with Crippen LogP contribution in [-0.2, 0) is 65.4 Å². The zero-order valence-electron chi connectivity index (χ0n) is 28.9. The number of benzene rings is 5. The molecule has 0 unspecified atom stereocenters. The van der Waals surface area contributed by atoms with Gasteiger partial charge in [-0.05, 0) is 34.4 Å². The van der Waals surface area contributed by atoms with Crippen LogP contribution in [0, 0.1) is 0 Å². The molecule has 1 saturated heterocycles. The van der Waals surface area contributed by atoms with E-state index in [1.165, 1.54) is 18.3 Å². The number of para-hydroxylation sites is 1. The van der Waals surface area contributed by atoms with Gasteiger partial charge in [-0.15, -0.1) is 11.3 Å². The average molecular weight is 716 g/mol. The van der Waals surface area contributed by atoms with E-state index in [0.717, 1.165) is 32.5 Å². The minimum atomic E-state index is -1.81. The van der Waals surface area contributed by atoms with E-state index < -0.39 is 36.2 Å². The second-order valence-electron chi connectivity index (χ2n) is 12.6. The third kappa shape index (κ3) is 8.65. The van der Waals surface area contributed by atoms with Crippen LogP contribution in [0.1, 0.15) is 34.2 Å². The van der Waals surface area contributed by atoms with Gasteiger partial charge in [0.25, 0.3) is 5.79 Å². The van der Waals surface area contributed by atoms with Gasteiger partial charge in [0, 0.05) is 6.92 Å². The van der Waals surface area contributed by atoms with Gasteiger partial charge in [0.1, 0.15) is 18.3 Å². The Labute approximate surface area is 307 Å². The number of nitrogens with zero attached hydrogens (tertiary/aromatic N) is 1. The van der Waals surface area contributed by atoms with Crippen LogP contribution in [0.15, 0.2) is 146 Å². The Bertz CT molecular complexity index is 1960. The number of esters is 1. The molecule has 52 heavy (non-hydrogen) atoms. The largest absolute Gasteiger partial charge is 0.423 e. The first-order valence-corrected chi connectivity index (χ1v) is 18.2. The van der Waals surface area contributed by atoms with Crippen LogP contribution in [0.5, 0.6) is 0 Å². The monoisotopic (exact) mass is 715 g/mol. The van der Waals surface area contributed by atoms with E-state index in [2.05, 4.69) is 0 Å². The minimum absolute atomic E-state index is 0.110. The molecule has 0 saturated carbocycles.